The van der Waals surface area contributed by atoms with Crippen LogP contribution < -0.4 is 0 Å². The molecule has 0 radical (unpaired) electrons. The van der Waals surface area contributed by atoms with Gasteiger partial charge in [-0.25, -0.2) is 19.4 Å². The van der Waals surface area contributed by atoms with Crippen molar-refractivity contribution in [2.75, 3.05) is 6.54 Å². The Labute approximate surface area is 128 Å². The average Bonchev–Trinajstić information content (AvgIpc) is 2.89. The van der Waals surface area contributed by atoms with Gasteiger partial charge in [0.05, 0.1) is 30.8 Å². The summed E-state index contributed by atoms with van der Waals surface area (Å²) in [6.45, 7) is 6.73. The highest BCUT2D eigenvalue weighted by atomic mass is 16.6. The molecule has 22 heavy (non-hydrogen) atoms. The highest BCUT2D eigenvalue weighted by molar-refractivity contribution is 5.68. The second-order valence-electron chi connectivity index (χ2n) is 6.28. The smallest absolute Gasteiger partial charge is 0.410 e. The fourth-order valence-corrected chi connectivity index (χ4v) is 2.44. The van der Waals surface area contributed by atoms with Gasteiger partial charge in [0.1, 0.15) is 17.6 Å². The van der Waals surface area contributed by atoms with Crippen LogP contribution in [-0.2, 0) is 17.7 Å². The molecular weight excluding hydrogens is 282 g/mol. The van der Waals surface area contributed by atoms with Crippen molar-refractivity contribution in [3.8, 4) is 5.69 Å². The van der Waals surface area contributed by atoms with Crippen LogP contribution in [0.1, 0.15) is 32.0 Å². The van der Waals surface area contributed by atoms with Gasteiger partial charge in [-0.15, -0.1) is 0 Å². The van der Waals surface area contributed by atoms with E-state index in [-0.39, 0.29) is 6.09 Å². The van der Waals surface area contributed by atoms with Crippen LogP contribution >= 0.6 is 0 Å². The monoisotopic (exact) mass is 301 g/mol. The van der Waals surface area contributed by atoms with Gasteiger partial charge in [-0.2, -0.15) is 5.10 Å². The molecule has 7 heteroatoms. The van der Waals surface area contributed by atoms with E-state index < -0.39 is 5.60 Å². The average molecular weight is 301 g/mol. The summed E-state index contributed by atoms with van der Waals surface area (Å²) in [4.78, 5) is 21.9. The third-order valence-electron chi connectivity index (χ3n) is 3.38. The Morgan fingerprint density at radius 1 is 1.23 bits per heavy atom. The first-order valence-electron chi connectivity index (χ1n) is 7.23. The molecule has 3 rings (SSSR count). The molecule has 1 aliphatic heterocycles. The van der Waals surface area contributed by atoms with Crippen molar-refractivity contribution in [3.63, 3.8) is 0 Å². The Balaban J connectivity index is 1.78. The number of fused-ring (bicyclic) bond motifs is 1. The molecule has 0 aromatic carbocycles. The zero-order valence-electron chi connectivity index (χ0n) is 13.0. The summed E-state index contributed by atoms with van der Waals surface area (Å²) >= 11 is 0. The van der Waals surface area contributed by atoms with E-state index in [4.69, 9.17) is 4.74 Å². The lowest BCUT2D eigenvalue weighted by Gasteiger charge is -2.30. The normalized spacial score (nSPS) is 14.6. The van der Waals surface area contributed by atoms with Crippen LogP contribution in [0.2, 0.25) is 0 Å². The first-order valence-corrected chi connectivity index (χ1v) is 7.23. The van der Waals surface area contributed by atoms with Crippen molar-refractivity contribution < 1.29 is 9.53 Å². The van der Waals surface area contributed by atoms with Crippen LogP contribution in [-0.4, -0.2) is 42.9 Å². The van der Waals surface area contributed by atoms with Crippen molar-refractivity contribution in [3.05, 3.63) is 36.2 Å². The van der Waals surface area contributed by atoms with Gasteiger partial charge in [0.25, 0.3) is 0 Å². The van der Waals surface area contributed by atoms with Gasteiger partial charge in [0.15, 0.2) is 0 Å². The van der Waals surface area contributed by atoms with Crippen LogP contribution in [0.15, 0.2) is 24.9 Å². The molecule has 0 atom stereocenters. The first-order chi connectivity index (χ1) is 10.4. The van der Waals surface area contributed by atoms with E-state index in [1.165, 1.54) is 6.33 Å². The maximum absolute atomic E-state index is 12.2. The van der Waals surface area contributed by atoms with Crippen LogP contribution in [0.25, 0.3) is 5.69 Å². The Morgan fingerprint density at radius 2 is 1.95 bits per heavy atom. The molecule has 116 valence electrons. The van der Waals surface area contributed by atoms with Gasteiger partial charge in [0, 0.05) is 18.5 Å². The summed E-state index contributed by atoms with van der Waals surface area (Å²) in [6.07, 6.45) is 7.17. The molecule has 0 fully saturated rings. The third kappa shape index (κ3) is 2.93. The minimum Gasteiger partial charge on any atom is -0.444 e. The van der Waals surface area contributed by atoms with Gasteiger partial charge in [-0.1, -0.05) is 0 Å². The maximum Gasteiger partial charge on any atom is 0.410 e. The Morgan fingerprint density at radius 3 is 2.64 bits per heavy atom. The van der Waals surface area contributed by atoms with Crippen molar-refractivity contribution in [1.29, 1.82) is 0 Å². The summed E-state index contributed by atoms with van der Waals surface area (Å²) in [7, 11) is 0. The van der Waals surface area contributed by atoms with Crippen molar-refractivity contribution in [1.82, 2.24) is 24.6 Å². The molecule has 0 spiro atoms. The molecule has 0 aliphatic carbocycles. The second-order valence-corrected chi connectivity index (χ2v) is 6.28. The SMILES string of the molecule is CC(C)(C)OC(=O)N1CCc2c(cnn2-c2cncnc2)C1. The van der Waals surface area contributed by atoms with E-state index in [1.807, 2.05) is 25.5 Å². The van der Waals surface area contributed by atoms with E-state index in [9.17, 15) is 4.79 Å². The Bertz CT molecular complexity index is 675. The van der Waals surface area contributed by atoms with Crippen LogP contribution in [0.3, 0.4) is 0 Å². The van der Waals surface area contributed by atoms with E-state index in [0.29, 0.717) is 13.1 Å². The second kappa shape index (κ2) is 5.40. The molecular formula is C15H19N5O2. The van der Waals surface area contributed by atoms with Crippen LogP contribution in [0.4, 0.5) is 4.79 Å². The largest absolute Gasteiger partial charge is 0.444 e. The highest BCUT2D eigenvalue weighted by Gasteiger charge is 2.27. The number of carbonyl (C=O) groups excluding carboxylic acids is 1. The Hall–Kier alpha value is -2.44. The van der Waals surface area contributed by atoms with E-state index in [1.54, 1.807) is 23.5 Å². The van der Waals surface area contributed by atoms with Gasteiger partial charge < -0.3 is 9.64 Å². The van der Waals surface area contributed by atoms with Crippen molar-refractivity contribution in [2.24, 2.45) is 0 Å². The lowest BCUT2D eigenvalue weighted by Crippen LogP contribution is -2.40. The predicted octanol–water partition coefficient (Wildman–Crippen LogP) is 1.96. The van der Waals surface area contributed by atoms with Gasteiger partial charge in [-0.3, -0.25) is 0 Å². The Kier molecular flexibility index (Phi) is 3.56. The van der Waals surface area contributed by atoms with Gasteiger partial charge >= 0.3 is 6.09 Å². The quantitative estimate of drug-likeness (QED) is 0.805. The van der Waals surface area contributed by atoms with Crippen LogP contribution in [0, 0.1) is 0 Å². The van der Waals surface area contributed by atoms with E-state index >= 15 is 0 Å². The molecule has 2 aromatic heterocycles. The summed E-state index contributed by atoms with van der Waals surface area (Å²) in [5, 5.41) is 4.39. The molecule has 7 nitrogen and oxygen atoms in total. The van der Waals surface area contributed by atoms with Gasteiger partial charge in [0.2, 0.25) is 0 Å². The first kappa shape index (κ1) is 14.5. The lowest BCUT2D eigenvalue weighted by molar-refractivity contribution is 0.0223. The minimum atomic E-state index is -0.483. The fraction of sp³-hybridized carbons (Fsp3) is 0.467. The molecule has 0 N–H and O–H groups in total. The maximum atomic E-state index is 12.2. The number of nitrogens with zero attached hydrogens (tertiary/aromatic N) is 5. The summed E-state index contributed by atoms with van der Waals surface area (Å²) in [6, 6.07) is 0. The summed E-state index contributed by atoms with van der Waals surface area (Å²) < 4.78 is 7.26. The van der Waals surface area contributed by atoms with Crippen molar-refractivity contribution in [2.45, 2.75) is 39.3 Å². The number of amides is 1. The van der Waals surface area contributed by atoms with E-state index in [2.05, 4.69) is 15.1 Å². The number of carbonyl (C=O) groups is 1. The molecule has 1 amide bonds. The molecule has 2 aromatic rings. The number of aromatic nitrogens is 4. The van der Waals surface area contributed by atoms with Crippen LogP contribution in [0.5, 0.6) is 0 Å². The standard InChI is InChI=1S/C15H19N5O2/c1-15(2,3)22-14(21)19-5-4-13-11(9-19)6-18-20(13)12-7-16-10-17-8-12/h6-8,10H,4-5,9H2,1-3H3. The number of ether oxygens (including phenoxy) is 1. The topological polar surface area (TPSA) is 73.1 Å². The fourth-order valence-electron chi connectivity index (χ4n) is 2.44. The third-order valence-corrected chi connectivity index (χ3v) is 3.38. The zero-order valence-corrected chi connectivity index (χ0v) is 13.0. The lowest BCUT2D eigenvalue weighted by atomic mass is 10.1. The summed E-state index contributed by atoms with van der Waals surface area (Å²) in [5.74, 6) is 0. The molecule has 1 aliphatic rings. The number of hydrogen-bond acceptors (Lipinski definition) is 5. The molecule has 0 bridgehead atoms. The number of rotatable bonds is 1. The molecule has 0 saturated carbocycles. The zero-order chi connectivity index (χ0) is 15.7. The number of hydrogen-bond donors (Lipinski definition) is 0. The van der Waals surface area contributed by atoms with Crippen molar-refractivity contribution >= 4 is 6.09 Å². The minimum absolute atomic E-state index is 0.283. The predicted molar refractivity (Wildman–Crippen MR) is 79.5 cm³/mol. The molecule has 3 heterocycles. The molecule has 0 saturated heterocycles. The summed E-state index contributed by atoms with van der Waals surface area (Å²) in [5.41, 5.74) is 2.47. The highest BCUT2D eigenvalue weighted by Crippen LogP contribution is 2.22. The molecule has 0 unspecified atom stereocenters. The van der Waals surface area contributed by atoms with Gasteiger partial charge in [-0.05, 0) is 20.8 Å². The van der Waals surface area contributed by atoms with E-state index in [0.717, 1.165) is 23.4 Å².